The van der Waals surface area contributed by atoms with Crippen LogP contribution in [0.15, 0.2) is 60.7 Å². The molecule has 2 aliphatic rings. The largest absolute Gasteiger partial charge is 0.353 e. The van der Waals surface area contributed by atoms with Gasteiger partial charge in [0.1, 0.15) is 57.7 Å². The van der Waals surface area contributed by atoms with E-state index in [0.29, 0.717) is 52.4 Å². The molecule has 0 saturated carbocycles. The topological polar surface area (TPSA) is 155 Å². The van der Waals surface area contributed by atoms with Gasteiger partial charge < -0.3 is 19.9 Å². The van der Waals surface area contributed by atoms with Crippen LogP contribution in [0.3, 0.4) is 0 Å². The van der Waals surface area contributed by atoms with Crippen molar-refractivity contribution in [3.63, 3.8) is 0 Å². The van der Waals surface area contributed by atoms with Crippen LogP contribution in [0.2, 0.25) is 0 Å². The van der Waals surface area contributed by atoms with Crippen LogP contribution in [0.25, 0.3) is 50.9 Å². The molecule has 2 aromatic carbocycles. The maximum absolute atomic E-state index is 14.5. The van der Waals surface area contributed by atoms with Crippen LogP contribution in [0, 0.1) is 23.3 Å². The van der Waals surface area contributed by atoms with Gasteiger partial charge in [-0.25, -0.2) is 33.4 Å². The van der Waals surface area contributed by atoms with Gasteiger partial charge >= 0.3 is 0 Å². The lowest BCUT2D eigenvalue weighted by molar-refractivity contribution is 0.584. The highest BCUT2D eigenvalue weighted by atomic mass is 19.1. The zero-order chi connectivity index (χ0) is 35.9. The molecule has 0 bridgehead atoms. The number of hydrogen-bond donors (Lipinski definition) is 3. The molecular weight excluding hydrogens is 678 g/mol. The molecule has 0 radical (unpaired) electrons. The predicted molar refractivity (Wildman–Crippen MR) is 185 cm³/mol. The monoisotopic (exact) mass is 709 g/mol. The average Bonchev–Trinajstić information content (AvgIpc) is 3.97. The van der Waals surface area contributed by atoms with E-state index in [-0.39, 0.29) is 11.1 Å². The molecule has 17 heteroatoms. The van der Waals surface area contributed by atoms with Gasteiger partial charge in [0.15, 0.2) is 11.5 Å². The number of anilines is 2. The predicted octanol–water partition coefficient (Wildman–Crippen LogP) is 5.83. The Balaban J connectivity index is 0.000000151. The molecule has 0 fully saturated rings. The van der Waals surface area contributed by atoms with Crippen molar-refractivity contribution in [2.45, 2.75) is 45.7 Å². The van der Waals surface area contributed by atoms with Crippen molar-refractivity contribution in [3.05, 3.63) is 95.6 Å². The first-order valence-corrected chi connectivity index (χ1v) is 16.7. The molecular formula is C35H31F4N13. The van der Waals surface area contributed by atoms with E-state index in [2.05, 4.69) is 50.8 Å². The van der Waals surface area contributed by atoms with Crippen molar-refractivity contribution in [1.29, 1.82) is 0 Å². The smallest absolute Gasteiger partial charge is 0.246 e. The standard InChI is InChI=1S/C19H17F2N7.C16H14F2N6/c1-2-22-19-25-24-16-8-7-14(26-28(16)19)18-17(23-15-4-3-9-27(15)18)12-6-5-11(20)10-13(12)21;17-9-3-4-10(11(18)8-9)15-16(24-7-1-2-14(24)20-15)12-5-6-13(21-19)23-22-12/h5-8,10H,2-4,9H2,1H3,(H,22,25);3-6,8H,1-2,7,19H2,(H,21,23). The maximum atomic E-state index is 14.5. The quantitative estimate of drug-likeness (QED) is 0.105. The Morgan fingerprint density at radius 3 is 1.83 bits per heavy atom. The van der Waals surface area contributed by atoms with Crippen LogP contribution in [0.1, 0.15) is 31.4 Å². The third-order valence-corrected chi connectivity index (χ3v) is 8.93. The summed E-state index contributed by atoms with van der Waals surface area (Å²) in [6.45, 7) is 4.20. The fourth-order valence-corrected chi connectivity index (χ4v) is 6.63. The Kier molecular flexibility index (Phi) is 8.54. The number of hydrazine groups is 1. The lowest BCUT2D eigenvalue weighted by Crippen LogP contribution is -2.09. The van der Waals surface area contributed by atoms with Crippen molar-refractivity contribution in [1.82, 2.24) is 49.1 Å². The first-order valence-electron chi connectivity index (χ1n) is 16.7. The molecule has 7 aromatic rings. The van der Waals surface area contributed by atoms with Crippen molar-refractivity contribution in [3.8, 4) is 45.3 Å². The number of rotatable bonds is 7. The van der Waals surface area contributed by atoms with E-state index >= 15 is 0 Å². The summed E-state index contributed by atoms with van der Waals surface area (Å²) >= 11 is 0. The third kappa shape index (κ3) is 5.87. The lowest BCUT2D eigenvalue weighted by Gasteiger charge is -2.09. The number of aryl methyl sites for hydroxylation is 2. The minimum atomic E-state index is -0.652. The second kappa shape index (κ2) is 13.5. The highest BCUT2D eigenvalue weighted by Gasteiger charge is 2.27. The van der Waals surface area contributed by atoms with Crippen molar-refractivity contribution in [2.24, 2.45) is 5.84 Å². The summed E-state index contributed by atoms with van der Waals surface area (Å²) in [4.78, 5) is 9.22. The molecule has 7 heterocycles. The fourth-order valence-electron chi connectivity index (χ4n) is 6.63. The van der Waals surface area contributed by atoms with E-state index in [1.54, 1.807) is 16.6 Å². The Morgan fingerprint density at radius 2 is 1.29 bits per heavy atom. The first kappa shape index (κ1) is 32.9. The van der Waals surface area contributed by atoms with Crippen molar-refractivity contribution < 1.29 is 17.6 Å². The number of halogens is 4. The zero-order valence-electron chi connectivity index (χ0n) is 27.8. The summed E-state index contributed by atoms with van der Waals surface area (Å²) in [5.74, 6) is 5.49. The maximum Gasteiger partial charge on any atom is 0.246 e. The molecule has 0 amide bonds. The Hall–Kier alpha value is -6.23. The van der Waals surface area contributed by atoms with Gasteiger partial charge in [-0.05, 0) is 68.3 Å². The number of aromatic nitrogens is 10. The van der Waals surface area contributed by atoms with E-state index in [0.717, 1.165) is 68.2 Å². The van der Waals surface area contributed by atoms with Crippen molar-refractivity contribution in [2.75, 3.05) is 17.3 Å². The van der Waals surface area contributed by atoms with Gasteiger partial charge in [0.2, 0.25) is 5.95 Å². The number of hydrogen-bond acceptors (Lipinski definition) is 10. The summed E-state index contributed by atoms with van der Waals surface area (Å²) < 4.78 is 61.1. The van der Waals surface area contributed by atoms with Gasteiger partial charge in [0.05, 0.1) is 11.4 Å². The van der Waals surface area contributed by atoms with Crippen molar-refractivity contribution >= 4 is 17.4 Å². The SMILES string of the molecule is CCNc1nnc2ccc(-c3c(-c4ccc(F)cc4F)nc4n3CCC4)nn12.NNc1ccc(-c2c(-c3ccc(F)cc3F)nc3n2CCC3)nn1. The van der Waals surface area contributed by atoms with Crippen LogP contribution in [0.4, 0.5) is 29.3 Å². The lowest BCUT2D eigenvalue weighted by atomic mass is 10.1. The molecule has 0 aliphatic carbocycles. The van der Waals surface area contributed by atoms with E-state index in [1.807, 2.05) is 23.6 Å². The van der Waals surface area contributed by atoms with Crippen LogP contribution in [0.5, 0.6) is 0 Å². The van der Waals surface area contributed by atoms with Gasteiger partial charge in [-0.1, -0.05) is 0 Å². The van der Waals surface area contributed by atoms with E-state index in [4.69, 9.17) is 5.84 Å². The van der Waals surface area contributed by atoms with Gasteiger partial charge in [-0.2, -0.15) is 9.61 Å². The summed E-state index contributed by atoms with van der Waals surface area (Å²) in [6.07, 6.45) is 3.56. The van der Waals surface area contributed by atoms with Gasteiger partial charge in [0, 0.05) is 55.7 Å². The molecule has 0 saturated heterocycles. The molecule has 2 aliphatic heterocycles. The minimum absolute atomic E-state index is 0.246. The molecule has 0 atom stereocenters. The summed E-state index contributed by atoms with van der Waals surface area (Å²) in [7, 11) is 0. The number of nitrogens with zero attached hydrogens (tertiary/aromatic N) is 10. The number of nitrogens with two attached hydrogens (primary N) is 1. The molecule has 0 spiro atoms. The first-order chi connectivity index (χ1) is 25.3. The normalized spacial score (nSPS) is 13.2. The zero-order valence-corrected chi connectivity index (χ0v) is 27.8. The number of imidazole rings is 2. The van der Waals surface area contributed by atoms with Gasteiger partial charge in [0.25, 0.3) is 0 Å². The molecule has 264 valence electrons. The molecule has 13 nitrogen and oxygen atoms in total. The van der Waals surface area contributed by atoms with Crippen LogP contribution < -0.4 is 16.6 Å². The second-order valence-electron chi connectivity index (χ2n) is 12.2. The molecule has 9 rings (SSSR count). The Morgan fingerprint density at radius 1 is 0.692 bits per heavy atom. The Labute approximate surface area is 293 Å². The van der Waals surface area contributed by atoms with Crippen LogP contribution in [-0.4, -0.2) is 55.7 Å². The van der Waals surface area contributed by atoms with E-state index in [9.17, 15) is 17.6 Å². The van der Waals surface area contributed by atoms with E-state index in [1.165, 1.54) is 24.3 Å². The molecule has 52 heavy (non-hydrogen) atoms. The van der Waals surface area contributed by atoms with Gasteiger partial charge in [-0.3, -0.25) is 0 Å². The third-order valence-electron chi connectivity index (χ3n) is 8.93. The fraction of sp³-hybridized carbons (Fsp3) is 0.229. The highest BCUT2D eigenvalue weighted by molar-refractivity contribution is 5.79. The van der Waals surface area contributed by atoms with E-state index < -0.39 is 23.3 Å². The number of nitrogen functional groups attached to an aromatic ring is 1. The molecule has 5 aromatic heterocycles. The molecule has 4 N–H and O–H groups in total. The summed E-state index contributed by atoms with van der Waals surface area (Å²) in [5.41, 5.74) is 7.04. The summed E-state index contributed by atoms with van der Waals surface area (Å²) in [6, 6.07) is 14.1. The average molecular weight is 710 g/mol. The van der Waals surface area contributed by atoms with Gasteiger partial charge in [-0.15, -0.1) is 20.4 Å². The van der Waals surface area contributed by atoms with Crippen LogP contribution >= 0.6 is 0 Å². The Bertz CT molecular complexity index is 2430. The second-order valence-corrected chi connectivity index (χ2v) is 12.2. The number of benzene rings is 2. The number of fused-ring (bicyclic) bond motifs is 3. The summed E-state index contributed by atoms with van der Waals surface area (Å²) in [5, 5.41) is 24.1. The highest BCUT2D eigenvalue weighted by Crippen LogP contribution is 2.37. The number of nitrogens with one attached hydrogen (secondary N) is 2. The molecule has 0 unspecified atom stereocenters. The minimum Gasteiger partial charge on any atom is -0.353 e. The van der Waals surface area contributed by atoms with Crippen LogP contribution in [-0.2, 0) is 25.9 Å².